The van der Waals surface area contributed by atoms with Crippen LogP contribution in [-0.2, 0) is 22.6 Å². The number of rotatable bonds is 5. The summed E-state index contributed by atoms with van der Waals surface area (Å²) in [6, 6.07) is 11.2. The molecule has 0 spiro atoms. The van der Waals surface area contributed by atoms with Gasteiger partial charge in [0.25, 0.3) is 5.91 Å². The smallest absolute Gasteiger partial charge is 0.260 e. The van der Waals surface area contributed by atoms with E-state index in [9.17, 15) is 14.4 Å². The predicted octanol–water partition coefficient (Wildman–Crippen LogP) is -0.0761. The molecule has 4 rings (SSSR count). The van der Waals surface area contributed by atoms with Gasteiger partial charge in [0.15, 0.2) is 0 Å². The molecule has 2 aromatic rings. The van der Waals surface area contributed by atoms with Gasteiger partial charge in [-0.2, -0.15) is 0 Å². The quantitative estimate of drug-likeness (QED) is 0.722. The van der Waals surface area contributed by atoms with Crippen molar-refractivity contribution >= 4 is 17.7 Å². The van der Waals surface area contributed by atoms with E-state index in [2.05, 4.69) is 4.98 Å². The normalized spacial score (nSPS) is 17.4. The van der Waals surface area contributed by atoms with E-state index in [0.717, 1.165) is 25.2 Å². The van der Waals surface area contributed by atoms with Crippen LogP contribution in [-0.4, -0.2) is 65.2 Å². The lowest BCUT2D eigenvalue weighted by Gasteiger charge is -2.33. The van der Waals surface area contributed by atoms with Crippen LogP contribution in [0.1, 0.15) is 27.9 Å². The Balaban J connectivity index is 1.27. The maximum Gasteiger partial charge on any atom is 0.260 e. The number of nitrogens with one attached hydrogen (secondary N) is 1. The third-order valence-corrected chi connectivity index (χ3v) is 5.71. The number of piperazine rings is 1. The molecule has 7 heteroatoms. The molecule has 1 fully saturated rings. The Morgan fingerprint density at radius 3 is 2.52 bits per heavy atom. The number of quaternary nitrogens is 1. The van der Waals surface area contributed by atoms with Crippen molar-refractivity contribution < 1.29 is 19.3 Å². The predicted molar refractivity (Wildman–Crippen MR) is 106 cm³/mol. The van der Waals surface area contributed by atoms with Gasteiger partial charge in [0, 0.05) is 36.5 Å². The van der Waals surface area contributed by atoms with Crippen molar-refractivity contribution in [3.63, 3.8) is 0 Å². The fourth-order valence-corrected chi connectivity index (χ4v) is 4.03. The zero-order valence-electron chi connectivity index (χ0n) is 16.3. The first-order valence-electron chi connectivity index (χ1n) is 10.0. The van der Waals surface area contributed by atoms with Crippen LogP contribution in [0, 0.1) is 0 Å². The van der Waals surface area contributed by atoms with Crippen molar-refractivity contribution in [2.75, 3.05) is 32.7 Å². The van der Waals surface area contributed by atoms with Gasteiger partial charge in [-0.1, -0.05) is 18.2 Å². The maximum atomic E-state index is 12.6. The second kappa shape index (κ2) is 8.53. The van der Waals surface area contributed by atoms with E-state index in [1.807, 2.05) is 23.1 Å². The Morgan fingerprint density at radius 1 is 1.03 bits per heavy atom. The summed E-state index contributed by atoms with van der Waals surface area (Å²) in [7, 11) is 0. The molecule has 2 aliphatic heterocycles. The molecule has 0 atom stereocenters. The zero-order valence-corrected chi connectivity index (χ0v) is 16.3. The van der Waals surface area contributed by atoms with E-state index in [1.54, 1.807) is 30.6 Å². The van der Waals surface area contributed by atoms with E-state index < -0.39 is 0 Å². The summed E-state index contributed by atoms with van der Waals surface area (Å²) in [5, 5.41) is 0. The molecule has 7 nitrogen and oxygen atoms in total. The molecule has 0 unspecified atom stereocenters. The third kappa shape index (κ3) is 4.35. The second-order valence-electron chi connectivity index (χ2n) is 7.60. The number of pyridine rings is 1. The van der Waals surface area contributed by atoms with Gasteiger partial charge in [0.2, 0.25) is 11.8 Å². The fourth-order valence-electron chi connectivity index (χ4n) is 4.03. The second-order valence-corrected chi connectivity index (χ2v) is 7.60. The molecule has 2 aliphatic rings. The maximum absolute atomic E-state index is 12.6. The van der Waals surface area contributed by atoms with Gasteiger partial charge < -0.3 is 9.80 Å². The Hall–Kier alpha value is -3.06. The third-order valence-electron chi connectivity index (χ3n) is 5.71. The van der Waals surface area contributed by atoms with E-state index in [4.69, 9.17) is 0 Å². The van der Waals surface area contributed by atoms with Crippen LogP contribution < -0.4 is 4.90 Å². The van der Waals surface area contributed by atoms with Crippen LogP contribution in [0.15, 0.2) is 48.8 Å². The summed E-state index contributed by atoms with van der Waals surface area (Å²) in [5.41, 5.74) is 2.57. The molecular weight excluding hydrogens is 368 g/mol. The van der Waals surface area contributed by atoms with Gasteiger partial charge in [0.1, 0.15) is 6.54 Å². The van der Waals surface area contributed by atoms with Gasteiger partial charge in [-0.15, -0.1) is 0 Å². The van der Waals surface area contributed by atoms with Gasteiger partial charge in [-0.05, 0) is 23.8 Å². The molecule has 0 radical (unpaired) electrons. The fraction of sp³-hybridized carbons (Fsp3) is 0.364. The van der Waals surface area contributed by atoms with Gasteiger partial charge in [0.05, 0.1) is 32.6 Å². The highest BCUT2D eigenvalue weighted by atomic mass is 16.2. The lowest BCUT2D eigenvalue weighted by molar-refractivity contribution is -0.917. The van der Waals surface area contributed by atoms with Gasteiger partial charge in [-0.3, -0.25) is 24.3 Å². The van der Waals surface area contributed by atoms with Crippen LogP contribution in [0.25, 0.3) is 0 Å². The average Bonchev–Trinajstić information content (AvgIpc) is 2.75. The van der Waals surface area contributed by atoms with E-state index >= 15 is 0 Å². The summed E-state index contributed by atoms with van der Waals surface area (Å²) in [4.78, 5) is 46.1. The highest BCUT2D eigenvalue weighted by Crippen LogP contribution is 2.19. The highest BCUT2D eigenvalue weighted by molar-refractivity contribution is 6.09. The number of amides is 3. The van der Waals surface area contributed by atoms with Crippen molar-refractivity contribution in [1.29, 1.82) is 0 Å². The van der Waals surface area contributed by atoms with E-state index in [0.29, 0.717) is 18.7 Å². The Kier molecular flexibility index (Phi) is 5.67. The lowest BCUT2D eigenvalue weighted by atomic mass is 9.98. The summed E-state index contributed by atoms with van der Waals surface area (Å²) >= 11 is 0. The molecule has 0 bridgehead atoms. The number of hydrogen-bond acceptors (Lipinski definition) is 4. The molecule has 1 aromatic heterocycles. The first kappa shape index (κ1) is 19.3. The van der Waals surface area contributed by atoms with E-state index in [-0.39, 0.29) is 37.1 Å². The summed E-state index contributed by atoms with van der Waals surface area (Å²) in [6.45, 7) is 4.26. The largest absolute Gasteiger partial charge is 0.331 e. The molecule has 1 N–H and O–H groups in total. The number of benzene rings is 1. The Bertz CT molecular complexity index is 907. The Morgan fingerprint density at radius 2 is 1.76 bits per heavy atom. The number of aromatic nitrogens is 1. The number of hydrogen-bond donors (Lipinski definition) is 1. The van der Waals surface area contributed by atoms with E-state index in [1.165, 1.54) is 15.4 Å². The van der Waals surface area contributed by atoms with Crippen LogP contribution in [0.3, 0.4) is 0 Å². The average molecular weight is 393 g/mol. The van der Waals surface area contributed by atoms with Crippen molar-refractivity contribution in [3.05, 3.63) is 65.5 Å². The molecule has 3 heterocycles. The van der Waals surface area contributed by atoms with Crippen LogP contribution in [0.4, 0.5) is 0 Å². The Labute approximate surface area is 169 Å². The molecule has 150 valence electrons. The molecule has 1 saturated heterocycles. The topological polar surface area (TPSA) is 75.0 Å². The zero-order chi connectivity index (χ0) is 20.2. The first-order chi connectivity index (χ1) is 14.1. The van der Waals surface area contributed by atoms with Crippen LogP contribution in [0.2, 0.25) is 0 Å². The summed E-state index contributed by atoms with van der Waals surface area (Å²) in [6.07, 6.45) is 4.00. The van der Waals surface area contributed by atoms with Crippen LogP contribution >= 0.6 is 0 Å². The number of fused-ring (bicyclic) bond motifs is 1. The van der Waals surface area contributed by atoms with Gasteiger partial charge in [-0.25, -0.2) is 0 Å². The minimum Gasteiger partial charge on any atom is -0.331 e. The van der Waals surface area contributed by atoms with Crippen molar-refractivity contribution in [3.8, 4) is 0 Å². The molecule has 1 aromatic carbocycles. The first-order valence-corrected chi connectivity index (χ1v) is 10.0. The molecular formula is C22H25N4O3+. The SMILES string of the molecule is O=C(CCN1C(=O)Cc2ccccc2C1=O)N1CC[NH+](Cc2ccncc2)CC1. The number of carbonyl (C=O) groups is 3. The lowest BCUT2D eigenvalue weighted by Crippen LogP contribution is -3.13. The molecule has 0 aliphatic carbocycles. The van der Waals surface area contributed by atoms with Crippen molar-refractivity contribution in [2.24, 2.45) is 0 Å². The molecule has 29 heavy (non-hydrogen) atoms. The number of imide groups is 1. The molecule has 3 amide bonds. The summed E-state index contributed by atoms with van der Waals surface area (Å²) in [5.74, 6) is -0.517. The number of nitrogens with zero attached hydrogens (tertiary/aromatic N) is 3. The van der Waals surface area contributed by atoms with Gasteiger partial charge >= 0.3 is 0 Å². The standard InChI is InChI=1S/C22H24N4O3/c27-20(25-13-11-24(12-14-25)16-17-5-8-23-9-6-17)7-10-26-21(28)15-18-3-1-2-4-19(18)22(26)29/h1-6,8-9H,7,10-16H2/p+1. The highest BCUT2D eigenvalue weighted by Gasteiger charge is 2.31. The van der Waals surface area contributed by atoms with Crippen LogP contribution in [0.5, 0.6) is 0 Å². The van der Waals surface area contributed by atoms with Crippen molar-refractivity contribution in [2.45, 2.75) is 19.4 Å². The number of carbonyl (C=O) groups excluding carboxylic acids is 3. The minimum absolute atomic E-state index is 0.00687. The van der Waals surface area contributed by atoms with Crippen molar-refractivity contribution in [1.82, 2.24) is 14.8 Å². The monoisotopic (exact) mass is 393 g/mol. The summed E-state index contributed by atoms with van der Waals surface area (Å²) < 4.78 is 0. The molecule has 0 saturated carbocycles. The minimum atomic E-state index is -0.295.